The third-order valence-corrected chi connectivity index (χ3v) is 2.77. The summed E-state index contributed by atoms with van der Waals surface area (Å²) in [7, 11) is 0. The summed E-state index contributed by atoms with van der Waals surface area (Å²) < 4.78 is 0. The summed E-state index contributed by atoms with van der Waals surface area (Å²) >= 11 is 0. The third-order valence-electron chi connectivity index (χ3n) is 2.77. The molecule has 1 fully saturated rings. The maximum absolute atomic E-state index is 4.08. The van der Waals surface area contributed by atoms with Gasteiger partial charge in [-0.05, 0) is 44.9 Å². The van der Waals surface area contributed by atoms with E-state index in [-0.39, 0.29) is 0 Å². The standard InChI is InChI=1S/C11H18N4/c1-8-5-11(15-13-7-8)14-10-3-4-12-9(2)6-10/h5,7,9-10,12H,3-4,6H2,1-2H3,(H,14,15). The molecule has 1 aliphatic heterocycles. The maximum Gasteiger partial charge on any atom is 0.149 e. The quantitative estimate of drug-likeness (QED) is 0.766. The summed E-state index contributed by atoms with van der Waals surface area (Å²) in [4.78, 5) is 0. The largest absolute Gasteiger partial charge is 0.366 e. The number of hydrogen-bond acceptors (Lipinski definition) is 4. The van der Waals surface area contributed by atoms with Crippen LogP contribution in [0.15, 0.2) is 12.3 Å². The van der Waals surface area contributed by atoms with E-state index in [4.69, 9.17) is 0 Å². The van der Waals surface area contributed by atoms with Gasteiger partial charge in [-0.1, -0.05) is 0 Å². The minimum absolute atomic E-state index is 0.525. The van der Waals surface area contributed by atoms with E-state index in [0.717, 1.165) is 30.8 Å². The zero-order valence-electron chi connectivity index (χ0n) is 9.33. The summed E-state index contributed by atoms with van der Waals surface area (Å²) in [5.74, 6) is 0.897. The molecule has 0 spiro atoms. The number of aromatic nitrogens is 2. The van der Waals surface area contributed by atoms with E-state index in [9.17, 15) is 0 Å². The van der Waals surface area contributed by atoms with Crippen molar-refractivity contribution in [1.82, 2.24) is 15.5 Å². The molecule has 1 aromatic rings. The number of piperidine rings is 1. The monoisotopic (exact) mass is 206 g/mol. The van der Waals surface area contributed by atoms with Crippen molar-refractivity contribution in [3.63, 3.8) is 0 Å². The molecule has 2 unspecified atom stereocenters. The van der Waals surface area contributed by atoms with E-state index in [2.05, 4.69) is 27.8 Å². The summed E-state index contributed by atoms with van der Waals surface area (Å²) in [6.07, 6.45) is 4.08. The Morgan fingerprint density at radius 2 is 2.40 bits per heavy atom. The first kappa shape index (κ1) is 10.4. The smallest absolute Gasteiger partial charge is 0.149 e. The van der Waals surface area contributed by atoms with Crippen LogP contribution < -0.4 is 10.6 Å². The molecule has 0 radical (unpaired) electrons. The van der Waals surface area contributed by atoms with Gasteiger partial charge in [-0.15, -0.1) is 5.10 Å². The van der Waals surface area contributed by atoms with Gasteiger partial charge in [-0.2, -0.15) is 5.10 Å². The molecule has 82 valence electrons. The van der Waals surface area contributed by atoms with Crippen LogP contribution in [-0.4, -0.2) is 28.8 Å². The summed E-state index contributed by atoms with van der Waals surface area (Å²) in [5.41, 5.74) is 1.15. The Morgan fingerprint density at radius 1 is 1.53 bits per heavy atom. The van der Waals surface area contributed by atoms with Gasteiger partial charge in [0.25, 0.3) is 0 Å². The highest BCUT2D eigenvalue weighted by Crippen LogP contribution is 2.14. The van der Waals surface area contributed by atoms with Crippen LogP contribution in [0.3, 0.4) is 0 Å². The van der Waals surface area contributed by atoms with Crippen LogP contribution in [-0.2, 0) is 0 Å². The van der Waals surface area contributed by atoms with Crippen LogP contribution in [0.4, 0.5) is 5.82 Å². The lowest BCUT2D eigenvalue weighted by Gasteiger charge is -2.28. The highest BCUT2D eigenvalue weighted by Gasteiger charge is 2.18. The molecule has 4 heteroatoms. The van der Waals surface area contributed by atoms with Crippen molar-refractivity contribution in [2.24, 2.45) is 0 Å². The predicted molar refractivity (Wildman–Crippen MR) is 60.9 cm³/mol. The second kappa shape index (κ2) is 4.57. The lowest BCUT2D eigenvalue weighted by atomic mass is 10.0. The summed E-state index contributed by atoms with van der Waals surface area (Å²) in [6.45, 7) is 5.33. The van der Waals surface area contributed by atoms with Crippen LogP contribution in [0.25, 0.3) is 0 Å². The molecule has 0 aliphatic carbocycles. The average molecular weight is 206 g/mol. The molecule has 2 rings (SSSR count). The van der Waals surface area contributed by atoms with Crippen molar-refractivity contribution in [1.29, 1.82) is 0 Å². The second-order valence-corrected chi connectivity index (χ2v) is 4.34. The van der Waals surface area contributed by atoms with Crippen molar-refractivity contribution >= 4 is 5.82 Å². The van der Waals surface area contributed by atoms with Crippen molar-refractivity contribution in [2.45, 2.75) is 38.8 Å². The van der Waals surface area contributed by atoms with Crippen LogP contribution in [0.1, 0.15) is 25.3 Å². The van der Waals surface area contributed by atoms with Gasteiger partial charge < -0.3 is 10.6 Å². The molecule has 0 aromatic carbocycles. The van der Waals surface area contributed by atoms with Crippen LogP contribution >= 0.6 is 0 Å². The van der Waals surface area contributed by atoms with E-state index in [1.165, 1.54) is 0 Å². The molecule has 2 N–H and O–H groups in total. The summed E-state index contributed by atoms with van der Waals surface area (Å²) in [6, 6.07) is 3.16. The molecule has 2 heterocycles. The van der Waals surface area contributed by atoms with Gasteiger partial charge in [0.05, 0.1) is 6.20 Å². The second-order valence-electron chi connectivity index (χ2n) is 4.34. The molecular weight excluding hydrogens is 188 g/mol. The van der Waals surface area contributed by atoms with E-state index in [1.807, 2.05) is 13.0 Å². The number of nitrogens with zero attached hydrogens (tertiary/aromatic N) is 2. The van der Waals surface area contributed by atoms with Gasteiger partial charge in [0.15, 0.2) is 0 Å². The minimum atomic E-state index is 0.525. The molecule has 0 saturated carbocycles. The molecule has 1 aromatic heterocycles. The minimum Gasteiger partial charge on any atom is -0.366 e. The molecule has 0 amide bonds. The zero-order valence-corrected chi connectivity index (χ0v) is 9.33. The van der Waals surface area contributed by atoms with Crippen molar-refractivity contribution in [3.05, 3.63) is 17.8 Å². The lowest BCUT2D eigenvalue weighted by Crippen LogP contribution is -2.41. The molecule has 4 nitrogen and oxygen atoms in total. The highest BCUT2D eigenvalue weighted by atomic mass is 15.2. The van der Waals surface area contributed by atoms with Gasteiger partial charge in [-0.3, -0.25) is 0 Å². The molecule has 15 heavy (non-hydrogen) atoms. The van der Waals surface area contributed by atoms with Crippen molar-refractivity contribution < 1.29 is 0 Å². The van der Waals surface area contributed by atoms with E-state index in [1.54, 1.807) is 6.20 Å². The number of nitrogens with one attached hydrogen (secondary N) is 2. The first-order valence-electron chi connectivity index (χ1n) is 5.53. The Kier molecular flexibility index (Phi) is 3.16. The average Bonchev–Trinajstić information content (AvgIpc) is 2.17. The van der Waals surface area contributed by atoms with Gasteiger partial charge in [0.2, 0.25) is 0 Å². The number of hydrogen-bond donors (Lipinski definition) is 2. The van der Waals surface area contributed by atoms with E-state index >= 15 is 0 Å². The third kappa shape index (κ3) is 2.89. The highest BCUT2D eigenvalue weighted by molar-refractivity contribution is 5.36. The fourth-order valence-corrected chi connectivity index (χ4v) is 2.01. The predicted octanol–water partition coefficient (Wildman–Crippen LogP) is 1.34. The van der Waals surface area contributed by atoms with Crippen molar-refractivity contribution in [2.75, 3.05) is 11.9 Å². The van der Waals surface area contributed by atoms with Gasteiger partial charge >= 0.3 is 0 Å². The van der Waals surface area contributed by atoms with Crippen LogP contribution in [0.2, 0.25) is 0 Å². The number of anilines is 1. The molecule has 1 saturated heterocycles. The molecule has 0 bridgehead atoms. The Balaban J connectivity index is 1.96. The van der Waals surface area contributed by atoms with E-state index in [0.29, 0.717) is 12.1 Å². The molecule has 2 atom stereocenters. The number of rotatable bonds is 2. The number of aryl methyl sites for hydroxylation is 1. The summed E-state index contributed by atoms with van der Waals surface area (Å²) in [5, 5.41) is 14.9. The van der Waals surface area contributed by atoms with Crippen LogP contribution in [0, 0.1) is 6.92 Å². The Hall–Kier alpha value is -1.16. The first-order valence-corrected chi connectivity index (χ1v) is 5.53. The maximum atomic E-state index is 4.08. The lowest BCUT2D eigenvalue weighted by molar-refractivity contribution is 0.395. The Bertz CT molecular complexity index is 326. The van der Waals surface area contributed by atoms with E-state index < -0.39 is 0 Å². The molecule has 1 aliphatic rings. The SMILES string of the molecule is Cc1cnnc(NC2CCNC(C)C2)c1. The topological polar surface area (TPSA) is 49.8 Å². The Labute approximate surface area is 90.5 Å². The van der Waals surface area contributed by atoms with Gasteiger partial charge in [-0.25, -0.2) is 0 Å². The Morgan fingerprint density at radius 3 is 3.13 bits per heavy atom. The fraction of sp³-hybridized carbons (Fsp3) is 0.636. The first-order chi connectivity index (χ1) is 7.24. The van der Waals surface area contributed by atoms with Gasteiger partial charge in [0.1, 0.15) is 5.82 Å². The zero-order chi connectivity index (χ0) is 10.7. The molecular formula is C11H18N4. The van der Waals surface area contributed by atoms with Crippen molar-refractivity contribution in [3.8, 4) is 0 Å². The normalized spacial score (nSPS) is 26.3. The fourth-order valence-electron chi connectivity index (χ4n) is 2.01. The van der Waals surface area contributed by atoms with Crippen LogP contribution in [0.5, 0.6) is 0 Å². The van der Waals surface area contributed by atoms with Gasteiger partial charge in [0, 0.05) is 12.1 Å².